The molecule has 2 aromatic rings. The van der Waals surface area contributed by atoms with Crippen LogP contribution in [0, 0.1) is 0 Å². The van der Waals surface area contributed by atoms with Gasteiger partial charge in [-0.2, -0.15) is 0 Å². The standard InChI is InChI=1S/C20H26N4O2/c1-20(2)9-14-8-13(4-6-17(14)26-20)10-22-15-5-7-18(25)23-19(15)16-11-21-12-24(16)3/h4,6,8,11-12,15,19,22H,5,7,9-10H2,1-3H3,(H,23,25)/t15-,19-/m1/s1. The molecule has 1 aromatic heterocycles. The van der Waals surface area contributed by atoms with Crippen LogP contribution in [-0.2, 0) is 24.8 Å². The molecule has 1 amide bonds. The van der Waals surface area contributed by atoms with Crippen LogP contribution in [0.5, 0.6) is 5.75 Å². The topological polar surface area (TPSA) is 68.2 Å². The van der Waals surface area contributed by atoms with Gasteiger partial charge in [0.25, 0.3) is 0 Å². The Balaban J connectivity index is 1.47. The SMILES string of the molecule is Cn1cncc1[C@@H]1NC(=O)CC[C@H]1NCc1ccc2c(c1)CC(C)(C)O2. The Morgan fingerprint density at radius 2 is 2.27 bits per heavy atom. The van der Waals surface area contributed by atoms with E-state index in [-0.39, 0.29) is 23.6 Å². The third-order valence-electron chi connectivity index (χ3n) is 5.27. The molecular weight excluding hydrogens is 328 g/mol. The Kier molecular flexibility index (Phi) is 4.23. The zero-order valence-electron chi connectivity index (χ0n) is 15.6. The second-order valence-corrected chi connectivity index (χ2v) is 7.98. The van der Waals surface area contributed by atoms with Crippen LogP contribution in [0.15, 0.2) is 30.7 Å². The zero-order valence-corrected chi connectivity index (χ0v) is 15.6. The van der Waals surface area contributed by atoms with Gasteiger partial charge in [-0.15, -0.1) is 0 Å². The van der Waals surface area contributed by atoms with E-state index in [4.69, 9.17) is 4.74 Å². The molecule has 2 atom stereocenters. The number of nitrogens with zero attached hydrogens (tertiary/aromatic N) is 2. The summed E-state index contributed by atoms with van der Waals surface area (Å²) < 4.78 is 7.93. The van der Waals surface area contributed by atoms with Crippen LogP contribution in [0.4, 0.5) is 0 Å². The Bertz CT molecular complexity index is 827. The molecule has 1 saturated heterocycles. The molecule has 0 aliphatic carbocycles. The Morgan fingerprint density at radius 3 is 3.04 bits per heavy atom. The van der Waals surface area contributed by atoms with E-state index in [2.05, 4.69) is 47.7 Å². The Morgan fingerprint density at radius 1 is 1.42 bits per heavy atom. The highest BCUT2D eigenvalue weighted by Gasteiger charge is 2.32. The predicted molar refractivity (Wildman–Crippen MR) is 98.8 cm³/mol. The van der Waals surface area contributed by atoms with E-state index in [0.717, 1.165) is 30.8 Å². The number of benzene rings is 1. The summed E-state index contributed by atoms with van der Waals surface area (Å²) in [6.07, 6.45) is 5.92. The van der Waals surface area contributed by atoms with Gasteiger partial charge in [-0.3, -0.25) is 4.79 Å². The predicted octanol–water partition coefficient (Wildman–Crippen LogP) is 2.24. The minimum atomic E-state index is -0.118. The molecule has 1 aromatic carbocycles. The first-order valence-electron chi connectivity index (χ1n) is 9.21. The van der Waals surface area contributed by atoms with E-state index >= 15 is 0 Å². The first-order valence-corrected chi connectivity index (χ1v) is 9.21. The first-order chi connectivity index (χ1) is 12.4. The first kappa shape index (κ1) is 17.1. The maximum atomic E-state index is 11.9. The van der Waals surface area contributed by atoms with Gasteiger partial charge in [0, 0.05) is 32.5 Å². The van der Waals surface area contributed by atoms with Gasteiger partial charge in [-0.25, -0.2) is 4.98 Å². The number of fused-ring (bicyclic) bond motifs is 1. The number of aryl methyl sites for hydroxylation is 1. The van der Waals surface area contributed by atoms with Crippen LogP contribution in [0.3, 0.4) is 0 Å². The highest BCUT2D eigenvalue weighted by molar-refractivity contribution is 5.77. The minimum absolute atomic E-state index is 0.0551. The van der Waals surface area contributed by atoms with Crippen molar-refractivity contribution in [2.24, 2.45) is 7.05 Å². The van der Waals surface area contributed by atoms with Gasteiger partial charge in [0.1, 0.15) is 11.4 Å². The van der Waals surface area contributed by atoms with Crippen LogP contribution in [0.2, 0.25) is 0 Å². The smallest absolute Gasteiger partial charge is 0.220 e. The molecule has 6 heteroatoms. The van der Waals surface area contributed by atoms with E-state index in [9.17, 15) is 4.79 Å². The second-order valence-electron chi connectivity index (χ2n) is 7.98. The van der Waals surface area contributed by atoms with Crippen LogP contribution >= 0.6 is 0 Å². The van der Waals surface area contributed by atoms with Gasteiger partial charge in [-0.1, -0.05) is 12.1 Å². The summed E-state index contributed by atoms with van der Waals surface area (Å²) in [5.74, 6) is 1.10. The van der Waals surface area contributed by atoms with Crippen LogP contribution in [0.25, 0.3) is 0 Å². The quantitative estimate of drug-likeness (QED) is 0.884. The average molecular weight is 354 g/mol. The third-order valence-corrected chi connectivity index (χ3v) is 5.27. The molecule has 138 valence electrons. The molecule has 0 radical (unpaired) electrons. The highest BCUT2D eigenvalue weighted by Crippen LogP contribution is 2.35. The zero-order chi connectivity index (χ0) is 18.3. The van der Waals surface area contributed by atoms with E-state index < -0.39 is 0 Å². The van der Waals surface area contributed by atoms with Gasteiger partial charge in [0.2, 0.25) is 5.91 Å². The maximum absolute atomic E-state index is 11.9. The van der Waals surface area contributed by atoms with Gasteiger partial charge in [-0.05, 0) is 37.5 Å². The van der Waals surface area contributed by atoms with E-state index in [1.54, 1.807) is 6.33 Å². The summed E-state index contributed by atoms with van der Waals surface area (Å²) in [5, 5.41) is 6.76. The number of piperidine rings is 1. The molecule has 26 heavy (non-hydrogen) atoms. The molecular formula is C20H26N4O2. The number of amides is 1. The number of carbonyl (C=O) groups excluding carboxylic acids is 1. The molecule has 1 fully saturated rings. The lowest BCUT2D eigenvalue weighted by Crippen LogP contribution is -2.48. The summed E-state index contributed by atoms with van der Waals surface area (Å²) >= 11 is 0. The number of aromatic nitrogens is 2. The van der Waals surface area contributed by atoms with Crippen molar-refractivity contribution in [3.63, 3.8) is 0 Å². The largest absolute Gasteiger partial charge is 0.487 e. The lowest BCUT2D eigenvalue weighted by Gasteiger charge is -2.33. The Hall–Kier alpha value is -2.34. The van der Waals surface area contributed by atoms with Crippen LogP contribution in [0.1, 0.15) is 49.6 Å². The van der Waals surface area contributed by atoms with E-state index in [0.29, 0.717) is 6.42 Å². The lowest BCUT2D eigenvalue weighted by molar-refractivity contribution is -0.124. The molecule has 0 unspecified atom stereocenters. The van der Waals surface area contributed by atoms with Crippen LogP contribution < -0.4 is 15.4 Å². The molecule has 4 rings (SSSR count). The molecule has 3 heterocycles. The normalized spacial score (nSPS) is 24.0. The summed E-state index contributed by atoms with van der Waals surface area (Å²) in [6.45, 7) is 5.00. The number of rotatable bonds is 4. The van der Waals surface area contributed by atoms with Crippen molar-refractivity contribution in [1.29, 1.82) is 0 Å². The number of hydrogen-bond acceptors (Lipinski definition) is 4. The molecule has 2 aliphatic rings. The Labute approximate surface area is 154 Å². The molecule has 0 bridgehead atoms. The van der Waals surface area contributed by atoms with E-state index in [1.807, 2.05) is 17.8 Å². The van der Waals surface area contributed by atoms with Gasteiger partial charge in [0.05, 0.1) is 24.3 Å². The average Bonchev–Trinajstić information content (AvgIpc) is 3.14. The van der Waals surface area contributed by atoms with Gasteiger partial charge < -0.3 is 19.9 Å². The monoisotopic (exact) mass is 354 g/mol. The summed E-state index contributed by atoms with van der Waals surface area (Å²) in [6, 6.07) is 6.55. The fourth-order valence-electron chi connectivity index (χ4n) is 3.99. The molecule has 2 N–H and O–H groups in total. The van der Waals surface area contributed by atoms with Crippen molar-refractivity contribution in [2.45, 2.75) is 57.3 Å². The number of hydrogen-bond donors (Lipinski definition) is 2. The summed E-state index contributed by atoms with van der Waals surface area (Å²) in [4.78, 5) is 16.1. The molecule has 0 saturated carbocycles. The maximum Gasteiger partial charge on any atom is 0.220 e. The van der Waals surface area contributed by atoms with Crippen molar-refractivity contribution < 1.29 is 9.53 Å². The molecule has 2 aliphatic heterocycles. The van der Waals surface area contributed by atoms with Crippen molar-refractivity contribution in [1.82, 2.24) is 20.2 Å². The van der Waals surface area contributed by atoms with Gasteiger partial charge >= 0.3 is 0 Å². The third kappa shape index (κ3) is 3.33. The van der Waals surface area contributed by atoms with Crippen molar-refractivity contribution in [3.8, 4) is 5.75 Å². The molecule has 0 spiro atoms. The second kappa shape index (κ2) is 6.43. The molecule has 6 nitrogen and oxygen atoms in total. The van der Waals surface area contributed by atoms with Crippen molar-refractivity contribution in [2.75, 3.05) is 0 Å². The number of nitrogens with one attached hydrogen (secondary N) is 2. The lowest BCUT2D eigenvalue weighted by atomic mass is 9.95. The van der Waals surface area contributed by atoms with Gasteiger partial charge in [0.15, 0.2) is 0 Å². The van der Waals surface area contributed by atoms with Crippen LogP contribution in [-0.4, -0.2) is 27.1 Å². The fourth-order valence-corrected chi connectivity index (χ4v) is 3.99. The highest BCUT2D eigenvalue weighted by atomic mass is 16.5. The summed E-state index contributed by atoms with van der Waals surface area (Å²) in [7, 11) is 1.96. The summed E-state index contributed by atoms with van der Waals surface area (Å²) in [5.41, 5.74) is 3.42. The van der Waals surface area contributed by atoms with E-state index in [1.165, 1.54) is 11.1 Å². The number of ether oxygens (including phenoxy) is 1. The van der Waals surface area contributed by atoms with Crippen molar-refractivity contribution >= 4 is 5.91 Å². The minimum Gasteiger partial charge on any atom is -0.487 e. The fraction of sp³-hybridized carbons (Fsp3) is 0.500. The van der Waals surface area contributed by atoms with Crippen molar-refractivity contribution in [3.05, 3.63) is 47.5 Å². The number of imidazole rings is 1. The number of carbonyl (C=O) groups is 1.